The number of aromatic nitrogens is 1. The SMILES string of the molecule is [C-]#[N+]c1ccc(S(=O)(=O)CCB(O)O)cn1. The van der Waals surface area contributed by atoms with Crippen molar-refractivity contribution in [3.63, 3.8) is 0 Å². The van der Waals surface area contributed by atoms with Crippen LogP contribution >= 0.6 is 0 Å². The first-order chi connectivity index (χ1) is 7.45. The van der Waals surface area contributed by atoms with E-state index < -0.39 is 17.0 Å². The van der Waals surface area contributed by atoms with E-state index in [-0.39, 0.29) is 22.8 Å². The molecule has 0 aliphatic heterocycles. The van der Waals surface area contributed by atoms with Crippen LogP contribution in [0.4, 0.5) is 5.82 Å². The second-order valence-electron chi connectivity index (χ2n) is 3.05. The Kier molecular flexibility index (Phi) is 4.01. The molecule has 8 heteroatoms. The zero-order chi connectivity index (χ0) is 12.2. The first-order valence-corrected chi connectivity index (χ1v) is 6.03. The second kappa shape index (κ2) is 5.07. The first kappa shape index (κ1) is 12.6. The number of hydrogen-bond donors (Lipinski definition) is 2. The minimum Gasteiger partial charge on any atom is -0.427 e. The lowest BCUT2D eigenvalue weighted by atomic mass is 9.88. The molecule has 2 N–H and O–H groups in total. The summed E-state index contributed by atoms with van der Waals surface area (Å²) in [5.41, 5.74) is 0. The summed E-state index contributed by atoms with van der Waals surface area (Å²) >= 11 is 0. The molecule has 16 heavy (non-hydrogen) atoms. The van der Waals surface area contributed by atoms with Gasteiger partial charge in [-0.1, -0.05) is 6.57 Å². The summed E-state index contributed by atoms with van der Waals surface area (Å²) < 4.78 is 23.2. The Balaban J connectivity index is 2.87. The summed E-state index contributed by atoms with van der Waals surface area (Å²) in [6.07, 6.45) is 0.833. The largest absolute Gasteiger partial charge is 0.452 e. The van der Waals surface area contributed by atoms with Gasteiger partial charge in [-0.05, 0) is 18.5 Å². The van der Waals surface area contributed by atoms with Crippen LogP contribution in [0.5, 0.6) is 0 Å². The molecule has 0 aromatic carbocycles. The fourth-order valence-corrected chi connectivity index (χ4v) is 2.25. The highest BCUT2D eigenvalue weighted by Crippen LogP contribution is 2.15. The van der Waals surface area contributed by atoms with Crippen molar-refractivity contribution in [3.8, 4) is 0 Å². The molecule has 6 nitrogen and oxygen atoms in total. The van der Waals surface area contributed by atoms with E-state index in [0.29, 0.717) is 0 Å². The second-order valence-corrected chi connectivity index (χ2v) is 5.16. The lowest BCUT2D eigenvalue weighted by Gasteiger charge is -2.02. The van der Waals surface area contributed by atoms with E-state index >= 15 is 0 Å². The van der Waals surface area contributed by atoms with Crippen molar-refractivity contribution >= 4 is 22.8 Å². The van der Waals surface area contributed by atoms with Gasteiger partial charge in [-0.25, -0.2) is 8.42 Å². The number of pyridine rings is 1. The van der Waals surface area contributed by atoms with Crippen LogP contribution in [-0.2, 0) is 9.84 Å². The third-order valence-electron chi connectivity index (χ3n) is 1.84. The molecule has 0 saturated heterocycles. The predicted octanol–water partition coefficient (Wildman–Crippen LogP) is -0.121. The zero-order valence-electron chi connectivity index (χ0n) is 8.24. The van der Waals surface area contributed by atoms with E-state index in [4.69, 9.17) is 16.6 Å². The van der Waals surface area contributed by atoms with Crippen molar-refractivity contribution in [2.45, 2.75) is 11.2 Å². The lowest BCUT2D eigenvalue weighted by molar-refractivity contribution is 0.408. The van der Waals surface area contributed by atoms with Crippen molar-refractivity contribution in [1.82, 2.24) is 4.98 Å². The highest BCUT2D eigenvalue weighted by Gasteiger charge is 2.19. The highest BCUT2D eigenvalue weighted by molar-refractivity contribution is 7.91. The van der Waals surface area contributed by atoms with E-state index in [2.05, 4.69) is 9.83 Å². The van der Waals surface area contributed by atoms with Gasteiger partial charge in [0.15, 0.2) is 9.84 Å². The molecule has 0 radical (unpaired) electrons. The topological polar surface area (TPSA) is 91.9 Å². The maximum Gasteiger partial charge on any atom is 0.452 e. The molecular formula is C8H9BN2O4S. The predicted molar refractivity (Wildman–Crippen MR) is 57.6 cm³/mol. The molecule has 0 spiro atoms. The molecule has 0 saturated carbocycles. The third kappa shape index (κ3) is 3.31. The molecule has 1 aromatic heterocycles. The van der Waals surface area contributed by atoms with E-state index in [1.165, 1.54) is 12.1 Å². The summed E-state index contributed by atoms with van der Waals surface area (Å²) in [7, 11) is -5.21. The Morgan fingerprint density at radius 3 is 2.56 bits per heavy atom. The van der Waals surface area contributed by atoms with Gasteiger partial charge in [-0.2, -0.15) is 0 Å². The molecule has 0 aliphatic rings. The van der Waals surface area contributed by atoms with E-state index in [9.17, 15) is 8.42 Å². The van der Waals surface area contributed by atoms with Gasteiger partial charge in [-0.3, -0.25) is 0 Å². The van der Waals surface area contributed by atoms with Crippen LogP contribution in [0.1, 0.15) is 0 Å². The molecule has 0 atom stereocenters. The number of rotatable bonds is 4. The summed E-state index contributed by atoms with van der Waals surface area (Å²) in [6.45, 7) is 6.65. The van der Waals surface area contributed by atoms with Crippen LogP contribution in [0.15, 0.2) is 23.2 Å². The van der Waals surface area contributed by atoms with Crippen LogP contribution in [0.3, 0.4) is 0 Å². The lowest BCUT2D eigenvalue weighted by Crippen LogP contribution is -2.17. The van der Waals surface area contributed by atoms with Crippen molar-refractivity contribution in [2.75, 3.05) is 5.75 Å². The molecule has 1 rings (SSSR count). The zero-order valence-corrected chi connectivity index (χ0v) is 9.05. The van der Waals surface area contributed by atoms with Gasteiger partial charge in [0, 0.05) is 0 Å². The monoisotopic (exact) mass is 240 g/mol. The molecule has 0 amide bonds. The summed E-state index contributed by atoms with van der Waals surface area (Å²) in [4.78, 5) is 6.64. The Bertz CT molecular complexity index is 492. The smallest absolute Gasteiger partial charge is 0.427 e. The molecule has 0 aliphatic carbocycles. The van der Waals surface area contributed by atoms with E-state index in [1.807, 2.05) is 0 Å². The van der Waals surface area contributed by atoms with Crippen LogP contribution in [0.2, 0.25) is 6.32 Å². The normalized spacial score (nSPS) is 10.8. The Morgan fingerprint density at radius 1 is 1.44 bits per heavy atom. The van der Waals surface area contributed by atoms with Gasteiger partial charge in [0.1, 0.15) is 11.1 Å². The van der Waals surface area contributed by atoms with Crippen molar-refractivity contribution < 1.29 is 18.5 Å². The average Bonchev–Trinajstić information content (AvgIpc) is 2.27. The maximum absolute atomic E-state index is 11.6. The van der Waals surface area contributed by atoms with E-state index in [1.54, 1.807) is 0 Å². The van der Waals surface area contributed by atoms with Crippen LogP contribution in [0, 0.1) is 6.57 Å². The number of sulfone groups is 1. The van der Waals surface area contributed by atoms with Crippen molar-refractivity contribution in [2.24, 2.45) is 0 Å². The fourth-order valence-electron chi connectivity index (χ4n) is 1.00. The van der Waals surface area contributed by atoms with Gasteiger partial charge < -0.3 is 14.9 Å². The number of nitrogens with zero attached hydrogens (tertiary/aromatic N) is 2. The Morgan fingerprint density at radius 2 is 2.12 bits per heavy atom. The average molecular weight is 240 g/mol. The summed E-state index contributed by atoms with van der Waals surface area (Å²) in [5.74, 6) is -0.259. The van der Waals surface area contributed by atoms with Crippen molar-refractivity contribution in [1.29, 1.82) is 0 Å². The molecule has 0 unspecified atom stereocenters. The van der Waals surface area contributed by atoms with Gasteiger partial charge in [0.2, 0.25) is 0 Å². The van der Waals surface area contributed by atoms with E-state index in [0.717, 1.165) is 6.20 Å². The van der Waals surface area contributed by atoms with Crippen LogP contribution < -0.4 is 0 Å². The van der Waals surface area contributed by atoms with Gasteiger partial charge in [-0.15, -0.1) is 4.98 Å². The van der Waals surface area contributed by atoms with Crippen molar-refractivity contribution in [3.05, 3.63) is 29.7 Å². The minimum absolute atomic E-state index is 0.0273. The molecule has 84 valence electrons. The standard InChI is InChI=1S/C8H9BN2O4S/c1-10-8-3-2-7(6-11-8)16(14,15)5-4-9(12)13/h2-3,6,12-13H,4-5H2. The molecule has 1 heterocycles. The van der Waals surface area contributed by atoms with Crippen LogP contribution in [-0.4, -0.2) is 36.3 Å². The molecule has 0 bridgehead atoms. The van der Waals surface area contributed by atoms with Crippen LogP contribution in [0.25, 0.3) is 4.85 Å². The first-order valence-electron chi connectivity index (χ1n) is 4.38. The van der Waals surface area contributed by atoms with Gasteiger partial charge >= 0.3 is 7.12 Å². The number of hydrogen-bond acceptors (Lipinski definition) is 5. The third-order valence-corrected chi connectivity index (χ3v) is 3.57. The quantitative estimate of drug-likeness (QED) is 0.565. The molecule has 1 aromatic rings. The maximum atomic E-state index is 11.6. The summed E-state index contributed by atoms with van der Waals surface area (Å²) in [5, 5.41) is 17.2. The Hall–Kier alpha value is -1.43. The highest BCUT2D eigenvalue weighted by atomic mass is 32.2. The van der Waals surface area contributed by atoms with Gasteiger partial charge in [0.05, 0.1) is 5.75 Å². The van der Waals surface area contributed by atoms with Gasteiger partial charge in [0.25, 0.3) is 5.82 Å². The minimum atomic E-state index is -3.57. The molecule has 0 fully saturated rings. The Labute approximate surface area is 93.5 Å². The fraction of sp³-hybridized carbons (Fsp3) is 0.250. The molecular weight excluding hydrogens is 231 g/mol. The summed E-state index contributed by atoms with van der Waals surface area (Å²) in [6, 6.07) is 2.58.